The normalized spacial score (nSPS) is 19.4. The predicted molar refractivity (Wildman–Crippen MR) is 197 cm³/mol. The van der Waals surface area contributed by atoms with Crippen LogP contribution in [0.4, 0.5) is 0 Å². The summed E-state index contributed by atoms with van der Waals surface area (Å²) in [5, 5.41) is 54.5. The fourth-order valence-electron chi connectivity index (χ4n) is 6.08. The Bertz CT molecular complexity index is 1720. The minimum Gasteiger partial charge on any atom is -0.491 e. The van der Waals surface area contributed by atoms with E-state index in [0.717, 1.165) is 31.8 Å². The van der Waals surface area contributed by atoms with Crippen molar-refractivity contribution in [1.82, 2.24) is 35.8 Å². The lowest BCUT2D eigenvalue weighted by molar-refractivity contribution is -0.145. The Morgan fingerprint density at radius 3 is 2.46 bits per heavy atom. The predicted octanol–water partition coefficient (Wildman–Crippen LogP) is -0.291. The fraction of sp³-hybridized carbons (Fsp3) is 0.556. The zero-order chi connectivity index (χ0) is 40.8. The molecule has 1 saturated heterocycles. The summed E-state index contributed by atoms with van der Waals surface area (Å²) in [6.45, 7) is 4.20. The number of rotatable bonds is 22. The number of nitrogens with zero attached hydrogens (tertiary/aromatic N) is 4. The van der Waals surface area contributed by atoms with Crippen molar-refractivity contribution in [3.8, 4) is 5.75 Å². The highest BCUT2D eigenvalue weighted by atomic mass is 16.5. The number of carboxylic acid groups (broad SMARTS) is 1. The molecule has 4 amide bonds. The van der Waals surface area contributed by atoms with Gasteiger partial charge >= 0.3 is 5.97 Å². The first-order chi connectivity index (χ1) is 26.7. The molecule has 0 spiro atoms. The molecule has 4 rings (SSSR count). The lowest BCUT2D eigenvalue weighted by Crippen LogP contribution is -2.64. The number of carbonyl (C=O) groups excluding carboxylic acids is 4. The number of nitrogens with two attached hydrogens (primary N) is 1. The van der Waals surface area contributed by atoms with Crippen LogP contribution in [0.2, 0.25) is 0 Å². The SMILES string of the molecule is CC(=O)N[C@H]1C(C(O)[C@H](O)CNC(=O)CCCCCCC(C)n2cc(COCCOc3ccc(C(=O)N4CCC4=O)cc3)nn2)OC(C(=O)O)=C[C@@H]1NC(=N)N. The molecule has 3 heterocycles. The smallest absolute Gasteiger partial charge is 0.370 e. The Labute approximate surface area is 323 Å². The number of aliphatic hydroxyl groups is 2. The second-order valence-corrected chi connectivity index (χ2v) is 13.6. The van der Waals surface area contributed by atoms with E-state index < -0.39 is 54.0 Å². The number of aliphatic carboxylic acids is 1. The molecule has 56 heavy (non-hydrogen) atoms. The summed E-state index contributed by atoms with van der Waals surface area (Å²) in [5.74, 6) is -3.33. The minimum absolute atomic E-state index is 0.0961. The van der Waals surface area contributed by atoms with Gasteiger partial charge in [0.25, 0.3) is 5.91 Å². The molecule has 306 valence electrons. The molecule has 1 aromatic carbocycles. The second kappa shape index (κ2) is 20.9. The number of imide groups is 1. The van der Waals surface area contributed by atoms with Gasteiger partial charge in [0.1, 0.15) is 36.4 Å². The second-order valence-electron chi connectivity index (χ2n) is 13.6. The van der Waals surface area contributed by atoms with E-state index >= 15 is 0 Å². The van der Waals surface area contributed by atoms with Gasteiger partial charge in [-0.1, -0.05) is 24.5 Å². The first kappa shape index (κ1) is 43.1. The van der Waals surface area contributed by atoms with E-state index in [4.69, 9.17) is 25.4 Å². The van der Waals surface area contributed by atoms with Gasteiger partial charge in [-0.25, -0.2) is 9.48 Å². The van der Waals surface area contributed by atoms with Gasteiger partial charge < -0.3 is 51.2 Å². The Balaban J connectivity index is 1.07. The molecule has 6 atom stereocenters. The van der Waals surface area contributed by atoms with E-state index in [0.29, 0.717) is 49.6 Å². The number of hydrogen-bond donors (Lipinski definition) is 8. The van der Waals surface area contributed by atoms with E-state index in [1.165, 1.54) is 11.8 Å². The molecule has 3 unspecified atom stereocenters. The van der Waals surface area contributed by atoms with Gasteiger partial charge in [-0.2, -0.15) is 0 Å². The van der Waals surface area contributed by atoms with Gasteiger partial charge in [0.05, 0.1) is 37.5 Å². The van der Waals surface area contributed by atoms with Gasteiger partial charge in [-0.05, 0) is 50.1 Å². The number of β-lactam (4-membered cyclic amide) rings is 1. The van der Waals surface area contributed by atoms with Crippen LogP contribution < -0.4 is 26.4 Å². The van der Waals surface area contributed by atoms with Crippen molar-refractivity contribution in [1.29, 1.82) is 5.41 Å². The molecule has 0 aliphatic carbocycles. The molecule has 2 aliphatic rings. The van der Waals surface area contributed by atoms with Gasteiger partial charge in [0.2, 0.25) is 23.5 Å². The van der Waals surface area contributed by atoms with Crippen molar-refractivity contribution >= 4 is 35.6 Å². The molecular weight excluding hydrogens is 734 g/mol. The van der Waals surface area contributed by atoms with Gasteiger partial charge in [0.15, 0.2) is 5.96 Å². The molecule has 2 aromatic rings. The molecule has 1 aromatic heterocycles. The average Bonchev–Trinajstić information content (AvgIpc) is 3.63. The number of likely N-dealkylation sites (tertiary alicyclic amines) is 1. The number of carbonyl (C=O) groups is 5. The standard InChI is InChI=1S/C36H51N9O11/c1-21(45-19-24(42-43-45)20-54-15-16-55-25-11-9-23(10-12-25)34(51)44-14-13-30(44)49)7-5-3-4-6-8-29(48)39-18-27(47)32(50)33-31(40-22(2)46)26(41-36(37)38)17-28(56-33)35(52)53/h9-12,17,19,21,26-27,31-33,47,50H,3-8,13-16,18,20H2,1-2H3,(H,39,48)(H,40,46)(H,52,53)(H4,37,38,41)/t21?,26-,27+,31+,32?,33?/m0/s1. The Morgan fingerprint density at radius 1 is 1.09 bits per heavy atom. The molecule has 0 radical (unpaired) electrons. The summed E-state index contributed by atoms with van der Waals surface area (Å²) in [6, 6.07) is 4.55. The molecule has 0 bridgehead atoms. The Hall–Kier alpha value is -5.60. The average molecular weight is 786 g/mol. The summed E-state index contributed by atoms with van der Waals surface area (Å²) < 4.78 is 18.5. The molecule has 2 aliphatic heterocycles. The van der Waals surface area contributed by atoms with E-state index in [9.17, 15) is 39.3 Å². The van der Waals surface area contributed by atoms with Crippen LogP contribution in [0.15, 0.2) is 42.3 Å². The van der Waals surface area contributed by atoms with Crippen molar-refractivity contribution in [3.05, 3.63) is 53.6 Å². The molecule has 9 N–H and O–H groups in total. The van der Waals surface area contributed by atoms with Crippen LogP contribution >= 0.6 is 0 Å². The lowest BCUT2D eigenvalue weighted by atomic mass is 9.91. The highest BCUT2D eigenvalue weighted by molar-refractivity contribution is 6.07. The first-order valence-electron chi connectivity index (χ1n) is 18.4. The number of benzene rings is 1. The highest BCUT2D eigenvalue weighted by Gasteiger charge is 2.44. The number of amides is 4. The van der Waals surface area contributed by atoms with E-state index in [1.807, 2.05) is 13.1 Å². The summed E-state index contributed by atoms with van der Waals surface area (Å²) in [5.41, 5.74) is 6.53. The van der Waals surface area contributed by atoms with Crippen LogP contribution in [0.3, 0.4) is 0 Å². The maximum absolute atomic E-state index is 12.5. The van der Waals surface area contributed by atoms with Crippen LogP contribution in [0.25, 0.3) is 0 Å². The monoisotopic (exact) mass is 785 g/mol. The third kappa shape index (κ3) is 12.7. The number of carboxylic acids is 1. The van der Waals surface area contributed by atoms with Crippen LogP contribution in [0, 0.1) is 5.41 Å². The first-order valence-corrected chi connectivity index (χ1v) is 18.4. The summed E-state index contributed by atoms with van der Waals surface area (Å²) in [7, 11) is 0. The summed E-state index contributed by atoms with van der Waals surface area (Å²) in [6.07, 6.45) is 2.76. The number of guanidine groups is 1. The van der Waals surface area contributed by atoms with E-state index in [1.54, 1.807) is 28.9 Å². The Morgan fingerprint density at radius 2 is 1.82 bits per heavy atom. The van der Waals surface area contributed by atoms with Crippen LogP contribution in [0.1, 0.15) is 80.9 Å². The maximum Gasteiger partial charge on any atom is 0.370 e. The van der Waals surface area contributed by atoms with Gasteiger partial charge in [-0.3, -0.25) is 29.5 Å². The topological polar surface area (TPSA) is 294 Å². The van der Waals surface area contributed by atoms with Crippen molar-refractivity contribution < 1.29 is 53.5 Å². The molecule has 20 heteroatoms. The highest BCUT2D eigenvalue weighted by Crippen LogP contribution is 2.24. The zero-order valence-corrected chi connectivity index (χ0v) is 31.4. The number of unbranched alkanes of at least 4 members (excludes halogenated alkanes) is 3. The van der Waals surface area contributed by atoms with Crippen LogP contribution in [-0.4, -0.2) is 127 Å². The zero-order valence-electron chi connectivity index (χ0n) is 31.4. The van der Waals surface area contributed by atoms with Gasteiger partial charge in [0, 0.05) is 38.4 Å². The number of aromatic nitrogens is 3. The summed E-state index contributed by atoms with van der Waals surface area (Å²) in [4.78, 5) is 60.9. The molecular formula is C36H51N9O11. The van der Waals surface area contributed by atoms with Crippen LogP contribution in [0.5, 0.6) is 5.75 Å². The number of ether oxygens (including phenoxy) is 3. The lowest BCUT2D eigenvalue weighted by Gasteiger charge is -2.40. The van der Waals surface area contributed by atoms with Crippen molar-refractivity contribution in [2.45, 2.75) is 102 Å². The Kier molecular flexibility index (Phi) is 16.1. The molecule has 20 nitrogen and oxygen atoms in total. The third-order valence-electron chi connectivity index (χ3n) is 9.21. The van der Waals surface area contributed by atoms with E-state index in [-0.39, 0.29) is 43.3 Å². The number of hydrogen-bond acceptors (Lipinski definition) is 13. The fourth-order valence-corrected chi connectivity index (χ4v) is 6.08. The quantitative estimate of drug-likeness (QED) is 0.0250. The van der Waals surface area contributed by atoms with Crippen molar-refractivity contribution in [2.75, 3.05) is 26.3 Å². The largest absolute Gasteiger partial charge is 0.491 e. The minimum atomic E-state index is -1.73. The van der Waals surface area contributed by atoms with Crippen LogP contribution in [-0.2, 0) is 35.3 Å². The number of aliphatic hydroxyl groups excluding tert-OH is 2. The molecule has 0 saturated carbocycles. The summed E-state index contributed by atoms with van der Waals surface area (Å²) >= 11 is 0. The molecule has 1 fully saturated rings. The number of nitrogens with one attached hydrogen (secondary N) is 4. The third-order valence-corrected chi connectivity index (χ3v) is 9.21. The van der Waals surface area contributed by atoms with E-state index in [2.05, 4.69) is 26.3 Å². The van der Waals surface area contributed by atoms with Crippen molar-refractivity contribution in [3.63, 3.8) is 0 Å². The van der Waals surface area contributed by atoms with Gasteiger partial charge in [-0.15, -0.1) is 5.10 Å². The maximum atomic E-state index is 12.5. The van der Waals surface area contributed by atoms with Crippen molar-refractivity contribution in [2.24, 2.45) is 5.73 Å².